The molecule has 0 aromatic heterocycles. The molecule has 0 aliphatic heterocycles. The number of nitrogens with one attached hydrogen (secondary N) is 1. The first-order valence-corrected chi connectivity index (χ1v) is 7.38. The fourth-order valence-corrected chi connectivity index (χ4v) is 2.62. The second-order valence-electron chi connectivity index (χ2n) is 5.17. The Morgan fingerprint density at radius 2 is 1.84 bits per heavy atom. The van der Waals surface area contributed by atoms with Gasteiger partial charge in [0.2, 0.25) is 0 Å². The SMILES string of the molecule is CCc1cc(C)cc(CC)c1N(S)C(=O)NC1CC1. The Morgan fingerprint density at radius 1 is 1.32 bits per heavy atom. The summed E-state index contributed by atoms with van der Waals surface area (Å²) in [6, 6.07) is 4.52. The van der Waals surface area contributed by atoms with Crippen LogP contribution in [0.1, 0.15) is 43.4 Å². The molecule has 104 valence electrons. The normalized spacial score (nSPS) is 14.3. The first kappa shape index (κ1) is 14.3. The second kappa shape index (κ2) is 5.87. The number of benzene rings is 1. The molecule has 0 atom stereocenters. The molecule has 0 spiro atoms. The third-order valence-corrected chi connectivity index (χ3v) is 3.86. The van der Waals surface area contributed by atoms with E-state index in [2.05, 4.69) is 51.0 Å². The van der Waals surface area contributed by atoms with Crippen molar-refractivity contribution in [3.05, 3.63) is 28.8 Å². The van der Waals surface area contributed by atoms with Gasteiger partial charge in [-0.1, -0.05) is 44.4 Å². The number of aryl methyl sites for hydroxylation is 3. The molecule has 1 aromatic carbocycles. The number of hydrogen-bond acceptors (Lipinski definition) is 2. The van der Waals surface area contributed by atoms with Gasteiger partial charge >= 0.3 is 6.03 Å². The van der Waals surface area contributed by atoms with Gasteiger partial charge in [0.25, 0.3) is 0 Å². The number of urea groups is 1. The summed E-state index contributed by atoms with van der Waals surface area (Å²) in [5.74, 6) is 0. The van der Waals surface area contributed by atoms with Crippen LogP contribution in [0.5, 0.6) is 0 Å². The molecule has 2 rings (SSSR count). The lowest BCUT2D eigenvalue weighted by Crippen LogP contribution is -2.36. The molecule has 1 aromatic rings. The highest BCUT2D eigenvalue weighted by Gasteiger charge is 2.27. The Hall–Kier alpha value is -1.16. The van der Waals surface area contributed by atoms with Crippen LogP contribution >= 0.6 is 12.8 Å². The minimum Gasteiger partial charge on any atom is -0.334 e. The van der Waals surface area contributed by atoms with E-state index < -0.39 is 0 Å². The van der Waals surface area contributed by atoms with Crippen LogP contribution in [-0.4, -0.2) is 12.1 Å². The molecule has 1 N–H and O–H groups in total. The van der Waals surface area contributed by atoms with Gasteiger partial charge in [0.1, 0.15) is 0 Å². The molecule has 4 heteroatoms. The topological polar surface area (TPSA) is 32.3 Å². The number of carbonyl (C=O) groups is 1. The molecule has 2 amide bonds. The fourth-order valence-electron chi connectivity index (χ4n) is 2.31. The maximum absolute atomic E-state index is 12.2. The van der Waals surface area contributed by atoms with Gasteiger partial charge in [-0.2, -0.15) is 0 Å². The van der Waals surface area contributed by atoms with Crippen LogP contribution in [0.3, 0.4) is 0 Å². The third-order valence-electron chi connectivity index (χ3n) is 3.48. The summed E-state index contributed by atoms with van der Waals surface area (Å²) in [6.45, 7) is 6.31. The standard InChI is InChI=1S/C15H22N2OS/c1-4-11-8-10(3)9-12(5-2)14(11)17(19)15(18)16-13-6-7-13/h8-9,13,19H,4-7H2,1-3H3,(H,16,18). The maximum Gasteiger partial charge on any atom is 0.332 e. The predicted molar refractivity (Wildman–Crippen MR) is 83.0 cm³/mol. The zero-order valence-electron chi connectivity index (χ0n) is 11.9. The smallest absolute Gasteiger partial charge is 0.332 e. The number of carbonyl (C=O) groups excluding carboxylic acids is 1. The van der Waals surface area contributed by atoms with Crippen LogP contribution in [0.25, 0.3) is 0 Å². The van der Waals surface area contributed by atoms with Gasteiger partial charge in [-0.05, 0) is 43.7 Å². The van der Waals surface area contributed by atoms with E-state index in [-0.39, 0.29) is 6.03 Å². The lowest BCUT2D eigenvalue weighted by molar-refractivity contribution is 0.249. The van der Waals surface area contributed by atoms with Crippen molar-refractivity contribution in [2.24, 2.45) is 0 Å². The summed E-state index contributed by atoms with van der Waals surface area (Å²) in [5, 5.41) is 2.98. The van der Waals surface area contributed by atoms with Gasteiger partial charge in [-0.15, -0.1) is 0 Å². The van der Waals surface area contributed by atoms with Crippen LogP contribution < -0.4 is 9.62 Å². The molecular weight excluding hydrogens is 256 g/mol. The van der Waals surface area contributed by atoms with E-state index in [0.717, 1.165) is 31.4 Å². The number of amides is 2. The highest BCUT2D eigenvalue weighted by atomic mass is 32.1. The predicted octanol–water partition coefficient (Wildman–Crippen LogP) is 3.64. The second-order valence-corrected chi connectivity index (χ2v) is 5.57. The van der Waals surface area contributed by atoms with Crippen LogP contribution in [0.15, 0.2) is 12.1 Å². The molecule has 19 heavy (non-hydrogen) atoms. The summed E-state index contributed by atoms with van der Waals surface area (Å²) in [6.07, 6.45) is 3.97. The van der Waals surface area contributed by atoms with Crippen LogP contribution in [0.2, 0.25) is 0 Å². The zero-order valence-corrected chi connectivity index (χ0v) is 12.8. The molecule has 1 aliphatic rings. The zero-order chi connectivity index (χ0) is 14.0. The number of thiol groups is 1. The number of hydrogen-bond donors (Lipinski definition) is 2. The summed E-state index contributed by atoms with van der Waals surface area (Å²) < 4.78 is 1.48. The maximum atomic E-state index is 12.2. The Morgan fingerprint density at radius 3 is 2.26 bits per heavy atom. The van der Waals surface area contributed by atoms with Crippen molar-refractivity contribution in [3.63, 3.8) is 0 Å². The van der Waals surface area contributed by atoms with Crippen molar-refractivity contribution in [1.82, 2.24) is 5.32 Å². The van der Waals surface area contributed by atoms with Crippen molar-refractivity contribution < 1.29 is 4.79 Å². The summed E-state index contributed by atoms with van der Waals surface area (Å²) in [4.78, 5) is 12.2. The summed E-state index contributed by atoms with van der Waals surface area (Å²) in [5.41, 5.74) is 4.55. The minimum atomic E-state index is -0.112. The largest absolute Gasteiger partial charge is 0.334 e. The van der Waals surface area contributed by atoms with Crippen LogP contribution in [0.4, 0.5) is 10.5 Å². The summed E-state index contributed by atoms with van der Waals surface area (Å²) in [7, 11) is 0. The molecule has 0 heterocycles. The van der Waals surface area contributed by atoms with E-state index in [4.69, 9.17) is 0 Å². The first-order chi connectivity index (χ1) is 9.06. The molecule has 0 radical (unpaired) electrons. The minimum absolute atomic E-state index is 0.112. The number of nitrogens with zero attached hydrogens (tertiary/aromatic N) is 1. The Labute approximate surface area is 120 Å². The molecule has 0 bridgehead atoms. The van der Waals surface area contributed by atoms with Gasteiger partial charge in [0.15, 0.2) is 0 Å². The van der Waals surface area contributed by atoms with Gasteiger partial charge in [0, 0.05) is 6.04 Å². The van der Waals surface area contributed by atoms with E-state index in [9.17, 15) is 4.79 Å². The van der Waals surface area contributed by atoms with E-state index in [1.165, 1.54) is 21.0 Å². The molecule has 0 saturated heterocycles. The molecule has 3 nitrogen and oxygen atoms in total. The van der Waals surface area contributed by atoms with Crippen LogP contribution in [-0.2, 0) is 12.8 Å². The van der Waals surface area contributed by atoms with Gasteiger partial charge in [0.05, 0.1) is 5.69 Å². The van der Waals surface area contributed by atoms with Gasteiger partial charge < -0.3 is 5.32 Å². The van der Waals surface area contributed by atoms with Crippen molar-refractivity contribution in [3.8, 4) is 0 Å². The highest BCUT2D eigenvalue weighted by molar-refractivity contribution is 7.82. The van der Waals surface area contributed by atoms with Gasteiger partial charge in [-0.25, -0.2) is 9.10 Å². The molecule has 1 aliphatic carbocycles. The Bertz CT molecular complexity index is 458. The van der Waals surface area contributed by atoms with E-state index in [0.29, 0.717) is 6.04 Å². The fraction of sp³-hybridized carbons (Fsp3) is 0.533. The van der Waals surface area contributed by atoms with Crippen LogP contribution in [0, 0.1) is 6.92 Å². The summed E-state index contributed by atoms with van der Waals surface area (Å²) >= 11 is 4.42. The van der Waals surface area contributed by atoms with E-state index >= 15 is 0 Å². The van der Waals surface area contributed by atoms with Crippen molar-refractivity contribution in [2.75, 3.05) is 4.31 Å². The van der Waals surface area contributed by atoms with Crippen molar-refractivity contribution in [2.45, 2.75) is 52.5 Å². The van der Waals surface area contributed by atoms with Crippen molar-refractivity contribution in [1.29, 1.82) is 0 Å². The molecular formula is C15H22N2OS. The lowest BCUT2D eigenvalue weighted by Gasteiger charge is -2.23. The van der Waals surface area contributed by atoms with E-state index in [1.54, 1.807) is 0 Å². The number of anilines is 1. The molecule has 0 unspecified atom stereocenters. The van der Waals surface area contributed by atoms with Crippen molar-refractivity contribution >= 4 is 24.5 Å². The highest BCUT2D eigenvalue weighted by Crippen LogP contribution is 2.30. The van der Waals surface area contributed by atoms with Gasteiger partial charge in [-0.3, -0.25) is 0 Å². The quantitative estimate of drug-likeness (QED) is 0.810. The monoisotopic (exact) mass is 278 g/mol. The Kier molecular flexibility index (Phi) is 4.40. The number of rotatable bonds is 4. The third kappa shape index (κ3) is 3.24. The average molecular weight is 278 g/mol. The molecule has 1 saturated carbocycles. The first-order valence-electron chi connectivity index (χ1n) is 6.98. The van der Waals surface area contributed by atoms with E-state index in [1.807, 2.05) is 0 Å². The molecule has 1 fully saturated rings. The lowest BCUT2D eigenvalue weighted by atomic mass is 10.00. The Balaban J connectivity index is 2.32. The average Bonchev–Trinajstić information content (AvgIpc) is 3.20.